The van der Waals surface area contributed by atoms with Gasteiger partial charge >= 0.3 is 0 Å². The molecule has 3 nitrogen and oxygen atoms in total. The fourth-order valence-electron chi connectivity index (χ4n) is 2.09. The summed E-state index contributed by atoms with van der Waals surface area (Å²) in [5, 5.41) is 0. The van der Waals surface area contributed by atoms with Crippen molar-refractivity contribution in [2.24, 2.45) is 5.92 Å². The van der Waals surface area contributed by atoms with Gasteiger partial charge in [-0.15, -0.1) is 11.8 Å². The van der Waals surface area contributed by atoms with Crippen LogP contribution in [0.15, 0.2) is 29.2 Å². The van der Waals surface area contributed by atoms with Gasteiger partial charge in [0, 0.05) is 23.7 Å². The Balaban J connectivity index is 1.73. The summed E-state index contributed by atoms with van der Waals surface area (Å²) >= 11 is 1.67. The maximum Gasteiger partial charge on any atom is 0.188 e. The molecule has 1 aliphatic heterocycles. The van der Waals surface area contributed by atoms with E-state index in [2.05, 4.69) is 0 Å². The van der Waals surface area contributed by atoms with Crippen molar-refractivity contribution in [3.05, 3.63) is 29.8 Å². The van der Waals surface area contributed by atoms with Gasteiger partial charge in [0.25, 0.3) is 0 Å². The molecule has 2 rings (SSSR count). The Labute approximate surface area is 118 Å². The Hall–Kier alpha value is -0.840. The molecule has 1 aliphatic rings. The number of Topliss-reactive ketones (excluding diaryl/α,β-unsaturated/α-hetero) is 1. The highest BCUT2D eigenvalue weighted by atomic mass is 32.2. The molecule has 0 bridgehead atoms. The van der Waals surface area contributed by atoms with Crippen molar-refractivity contribution >= 4 is 17.5 Å². The van der Waals surface area contributed by atoms with E-state index in [0.717, 1.165) is 31.6 Å². The molecule has 0 spiro atoms. The van der Waals surface area contributed by atoms with Gasteiger partial charge in [-0.3, -0.25) is 4.79 Å². The molecular formula is C15H20O3S. The van der Waals surface area contributed by atoms with Gasteiger partial charge < -0.3 is 9.47 Å². The predicted octanol–water partition coefficient (Wildman–Crippen LogP) is 3.03. The Bertz CT molecular complexity index is 396. The van der Waals surface area contributed by atoms with Crippen molar-refractivity contribution in [3.8, 4) is 0 Å². The Morgan fingerprint density at radius 3 is 2.63 bits per heavy atom. The summed E-state index contributed by atoms with van der Waals surface area (Å²) in [6, 6.07) is 7.67. The molecule has 0 saturated carbocycles. The van der Waals surface area contributed by atoms with Crippen LogP contribution in [-0.4, -0.2) is 38.5 Å². The highest BCUT2D eigenvalue weighted by Crippen LogP contribution is 2.16. The highest BCUT2D eigenvalue weighted by molar-refractivity contribution is 7.98. The molecule has 1 aromatic carbocycles. The van der Waals surface area contributed by atoms with Gasteiger partial charge in [-0.1, -0.05) is 12.1 Å². The third-order valence-electron chi connectivity index (χ3n) is 3.34. The number of ketones is 1. The van der Waals surface area contributed by atoms with Crippen LogP contribution in [0.1, 0.15) is 23.2 Å². The van der Waals surface area contributed by atoms with E-state index in [4.69, 9.17) is 9.47 Å². The monoisotopic (exact) mass is 280 g/mol. The summed E-state index contributed by atoms with van der Waals surface area (Å²) in [6.45, 7) is 2.48. The third kappa shape index (κ3) is 4.64. The molecule has 1 aromatic rings. The van der Waals surface area contributed by atoms with Crippen molar-refractivity contribution in [1.29, 1.82) is 0 Å². The molecule has 1 fully saturated rings. The van der Waals surface area contributed by atoms with Crippen LogP contribution in [0.4, 0.5) is 0 Å². The number of ether oxygens (including phenoxy) is 2. The number of carbonyl (C=O) groups is 1. The molecular weight excluding hydrogens is 260 g/mol. The van der Waals surface area contributed by atoms with Gasteiger partial charge in [0.05, 0.1) is 6.61 Å². The second kappa shape index (κ2) is 7.68. The zero-order chi connectivity index (χ0) is 13.5. The first kappa shape index (κ1) is 14.6. The van der Waals surface area contributed by atoms with Crippen LogP contribution in [0.3, 0.4) is 0 Å². The van der Waals surface area contributed by atoms with E-state index in [-0.39, 0.29) is 12.4 Å². The van der Waals surface area contributed by atoms with Gasteiger partial charge in [0.1, 0.15) is 6.61 Å². The van der Waals surface area contributed by atoms with Crippen LogP contribution >= 0.6 is 11.8 Å². The number of benzene rings is 1. The first-order valence-corrected chi connectivity index (χ1v) is 7.85. The lowest BCUT2D eigenvalue weighted by atomic mass is 10.0. The summed E-state index contributed by atoms with van der Waals surface area (Å²) in [6.07, 6.45) is 4.10. The average Bonchev–Trinajstić information content (AvgIpc) is 2.48. The van der Waals surface area contributed by atoms with Gasteiger partial charge in [0.15, 0.2) is 5.78 Å². The highest BCUT2D eigenvalue weighted by Gasteiger charge is 2.14. The van der Waals surface area contributed by atoms with Gasteiger partial charge in [-0.05, 0) is 37.1 Å². The summed E-state index contributed by atoms with van der Waals surface area (Å²) in [5.41, 5.74) is 0.727. The van der Waals surface area contributed by atoms with Crippen LogP contribution in [0.5, 0.6) is 0 Å². The molecule has 1 saturated heterocycles. The normalized spacial score (nSPS) is 16.5. The van der Waals surface area contributed by atoms with E-state index < -0.39 is 0 Å². The predicted molar refractivity (Wildman–Crippen MR) is 76.9 cm³/mol. The maximum atomic E-state index is 11.9. The van der Waals surface area contributed by atoms with Crippen LogP contribution in [0.2, 0.25) is 0 Å². The second-order valence-corrected chi connectivity index (χ2v) is 5.60. The minimum Gasteiger partial charge on any atom is -0.381 e. The number of hydrogen-bond donors (Lipinski definition) is 0. The van der Waals surface area contributed by atoms with E-state index in [9.17, 15) is 4.79 Å². The summed E-state index contributed by atoms with van der Waals surface area (Å²) in [4.78, 5) is 13.1. The molecule has 0 aliphatic carbocycles. The Kier molecular flexibility index (Phi) is 5.89. The van der Waals surface area contributed by atoms with Crippen LogP contribution in [0, 0.1) is 5.92 Å². The SMILES string of the molecule is CSc1ccc(C(=O)COCC2CCOCC2)cc1. The van der Waals surface area contributed by atoms with Crippen LogP contribution in [0.25, 0.3) is 0 Å². The number of thioether (sulfide) groups is 1. The second-order valence-electron chi connectivity index (χ2n) is 4.72. The molecule has 0 aromatic heterocycles. The quantitative estimate of drug-likeness (QED) is 0.593. The van der Waals surface area contributed by atoms with E-state index in [1.54, 1.807) is 11.8 Å². The lowest BCUT2D eigenvalue weighted by Crippen LogP contribution is -2.21. The lowest BCUT2D eigenvalue weighted by Gasteiger charge is -2.21. The van der Waals surface area contributed by atoms with Crippen molar-refractivity contribution in [3.63, 3.8) is 0 Å². The smallest absolute Gasteiger partial charge is 0.188 e. The number of rotatable bonds is 6. The molecule has 0 atom stereocenters. The van der Waals surface area contributed by atoms with Crippen LogP contribution < -0.4 is 0 Å². The van der Waals surface area contributed by atoms with Gasteiger partial charge in [0.2, 0.25) is 0 Å². The zero-order valence-corrected chi connectivity index (χ0v) is 12.1. The third-order valence-corrected chi connectivity index (χ3v) is 4.08. The van der Waals surface area contributed by atoms with Gasteiger partial charge in [-0.25, -0.2) is 0 Å². The summed E-state index contributed by atoms with van der Waals surface area (Å²) < 4.78 is 10.8. The average molecular weight is 280 g/mol. The molecule has 0 N–H and O–H groups in total. The minimum atomic E-state index is 0.0553. The standard InChI is InChI=1S/C15H20O3S/c1-19-14-4-2-13(3-5-14)15(16)11-18-10-12-6-8-17-9-7-12/h2-5,12H,6-11H2,1H3. The van der Waals surface area contributed by atoms with E-state index in [0.29, 0.717) is 12.5 Å². The maximum absolute atomic E-state index is 11.9. The van der Waals surface area contributed by atoms with E-state index in [1.165, 1.54) is 4.90 Å². The summed E-state index contributed by atoms with van der Waals surface area (Å²) in [7, 11) is 0. The van der Waals surface area contributed by atoms with Crippen molar-refractivity contribution in [1.82, 2.24) is 0 Å². The fraction of sp³-hybridized carbons (Fsp3) is 0.533. The van der Waals surface area contributed by atoms with Crippen molar-refractivity contribution < 1.29 is 14.3 Å². The molecule has 4 heteroatoms. The molecule has 19 heavy (non-hydrogen) atoms. The number of hydrogen-bond acceptors (Lipinski definition) is 4. The van der Waals surface area contributed by atoms with Crippen LogP contribution in [-0.2, 0) is 9.47 Å². The summed E-state index contributed by atoms with van der Waals surface area (Å²) in [5.74, 6) is 0.597. The molecule has 0 unspecified atom stereocenters. The number of carbonyl (C=O) groups excluding carboxylic acids is 1. The van der Waals surface area contributed by atoms with E-state index >= 15 is 0 Å². The first-order valence-electron chi connectivity index (χ1n) is 6.62. The topological polar surface area (TPSA) is 35.5 Å². The van der Waals surface area contributed by atoms with Crippen molar-refractivity contribution in [2.45, 2.75) is 17.7 Å². The Morgan fingerprint density at radius 1 is 1.32 bits per heavy atom. The fourth-order valence-corrected chi connectivity index (χ4v) is 2.50. The van der Waals surface area contributed by atoms with Gasteiger partial charge in [-0.2, -0.15) is 0 Å². The minimum absolute atomic E-state index is 0.0553. The molecule has 104 valence electrons. The first-order chi connectivity index (χ1) is 9.29. The molecule has 0 radical (unpaired) electrons. The molecule has 0 amide bonds. The largest absolute Gasteiger partial charge is 0.381 e. The molecule has 1 heterocycles. The zero-order valence-electron chi connectivity index (χ0n) is 11.3. The Morgan fingerprint density at radius 2 is 2.00 bits per heavy atom. The van der Waals surface area contributed by atoms with E-state index in [1.807, 2.05) is 30.5 Å². The van der Waals surface area contributed by atoms with Crippen molar-refractivity contribution in [2.75, 3.05) is 32.7 Å². The lowest BCUT2D eigenvalue weighted by molar-refractivity contribution is 0.0216.